The van der Waals surface area contributed by atoms with E-state index in [0.29, 0.717) is 22.8 Å². The molecule has 5 nitrogen and oxygen atoms in total. The largest absolute Gasteiger partial charge is 0.496 e. The molecule has 122 valence electrons. The van der Waals surface area contributed by atoms with Crippen LogP contribution in [0.2, 0.25) is 0 Å². The predicted octanol–water partition coefficient (Wildman–Crippen LogP) is 3.55. The summed E-state index contributed by atoms with van der Waals surface area (Å²) in [6.45, 7) is 0.202. The molecule has 0 spiro atoms. The van der Waals surface area contributed by atoms with E-state index in [-0.39, 0.29) is 6.54 Å². The van der Waals surface area contributed by atoms with E-state index in [1.807, 2.05) is 35.2 Å². The Labute approximate surface area is 139 Å². The lowest BCUT2D eigenvalue weighted by Crippen LogP contribution is -2.16. The van der Waals surface area contributed by atoms with Gasteiger partial charge in [0.15, 0.2) is 0 Å². The van der Waals surface area contributed by atoms with Gasteiger partial charge in [0.1, 0.15) is 23.7 Å². The highest BCUT2D eigenvalue weighted by Crippen LogP contribution is 2.39. The summed E-state index contributed by atoms with van der Waals surface area (Å²) < 4.78 is 19.4. The van der Waals surface area contributed by atoms with Crippen LogP contribution in [0, 0.1) is 5.82 Å². The third kappa shape index (κ3) is 3.04. The molecular formula is C18H17FN4O. The second-order valence-corrected chi connectivity index (χ2v) is 5.05. The smallest absolute Gasteiger partial charge is 0.140 e. The van der Waals surface area contributed by atoms with Gasteiger partial charge in [-0.3, -0.25) is 4.90 Å². The summed E-state index contributed by atoms with van der Waals surface area (Å²) in [6.07, 6.45) is 3.08. The highest BCUT2D eigenvalue weighted by atomic mass is 19.1. The van der Waals surface area contributed by atoms with Crippen molar-refractivity contribution < 1.29 is 9.13 Å². The van der Waals surface area contributed by atoms with Gasteiger partial charge in [-0.15, -0.1) is 0 Å². The van der Waals surface area contributed by atoms with Crippen LogP contribution in [0.1, 0.15) is 5.56 Å². The first-order valence-electron chi connectivity index (χ1n) is 7.42. The van der Waals surface area contributed by atoms with E-state index in [2.05, 4.69) is 9.97 Å². The molecule has 0 aliphatic carbocycles. The SMILES string of the molecule is COc1cc(F)cc(N(c2ccccc2)c2ccncn2)c1CN. The molecule has 0 fully saturated rings. The number of rotatable bonds is 5. The molecule has 3 rings (SSSR count). The number of ether oxygens (including phenoxy) is 1. The van der Waals surface area contributed by atoms with Crippen molar-refractivity contribution in [1.29, 1.82) is 0 Å². The Kier molecular flexibility index (Phi) is 4.67. The average Bonchev–Trinajstić information content (AvgIpc) is 2.63. The summed E-state index contributed by atoms with van der Waals surface area (Å²) >= 11 is 0. The minimum atomic E-state index is -0.408. The Balaban J connectivity index is 2.26. The number of methoxy groups -OCH3 is 1. The van der Waals surface area contributed by atoms with Gasteiger partial charge in [0.05, 0.1) is 12.8 Å². The second kappa shape index (κ2) is 7.06. The lowest BCUT2D eigenvalue weighted by atomic mass is 10.1. The van der Waals surface area contributed by atoms with Gasteiger partial charge in [-0.05, 0) is 24.3 Å². The molecule has 24 heavy (non-hydrogen) atoms. The third-order valence-corrected chi connectivity index (χ3v) is 3.62. The van der Waals surface area contributed by atoms with Gasteiger partial charge in [-0.25, -0.2) is 14.4 Å². The van der Waals surface area contributed by atoms with Gasteiger partial charge in [-0.1, -0.05) is 18.2 Å². The summed E-state index contributed by atoms with van der Waals surface area (Å²) in [6, 6.07) is 14.1. The van der Waals surface area contributed by atoms with Crippen molar-refractivity contribution in [3.05, 3.63) is 72.4 Å². The maximum atomic E-state index is 14.1. The molecule has 0 bridgehead atoms. The Hall–Kier alpha value is -2.99. The molecular weight excluding hydrogens is 307 g/mol. The highest BCUT2D eigenvalue weighted by Gasteiger charge is 2.20. The molecule has 0 atom stereocenters. The van der Waals surface area contributed by atoms with Crippen molar-refractivity contribution in [2.45, 2.75) is 6.54 Å². The fraction of sp³-hybridized carbons (Fsp3) is 0.111. The normalized spacial score (nSPS) is 10.5. The first kappa shape index (κ1) is 15.9. The molecule has 1 aromatic heterocycles. The molecule has 1 heterocycles. The lowest BCUT2D eigenvalue weighted by Gasteiger charge is -2.27. The molecule has 0 radical (unpaired) electrons. The molecule has 6 heteroatoms. The molecule has 2 aromatic carbocycles. The van der Waals surface area contributed by atoms with E-state index in [9.17, 15) is 4.39 Å². The number of para-hydroxylation sites is 1. The van der Waals surface area contributed by atoms with Crippen molar-refractivity contribution in [2.75, 3.05) is 12.0 Å². The standard InChI is InChI=1S/C18H17FN4O/c1-24-17-10-13(19)9-16(15(17)11-20)23(14-5-3-2-4-6-14)18-7-8-21-12-22-18/h2-10,12H,11,20H2,1H3. The Morgan fingerprint density at radius 1 is 1.17 bits per heavy atom. The molecule has 0 saturated carbocycles. The zero-order chi connectivity index (χ0) is 16.9. The topological polar surface area (TPSA) is 64.3 Å². The Morgan fingerprint density at radius 3 is 2.58 bits per heavy atom. The van der Waals surface area contributed by atoms with E-state index in [1.54, 1.807) is 12.3 Å². The molecule has 0 amide bonds. The van der Waals surface area contributed by atoms with Crippen molar-refractivity contribution in [3.8, 4) is 5.75 Å². The summed E-state index contributed by atoms with van der Waals surface area (Å²) in [4.78, 5) is 10.1. The molecule has 0 aliphatic heterocycles. The van der Waals surface area contributed by atoms with Crippen molar-refractivity contribution in [1.82, 2.24) is 9.97 Å². The third-order valence-electron chi connectivity index (χ3n) is 3.62. The van der Waals surface area contributed by atoms with Gasteiger partial charge in [0.25, 0.3) is 0 Å². The van der Waals surface area contributed by atoms with Crippen LogP contribution in [0.3, 0.4) is 0 Å². The zero-order valence-corrected chi connectivity index (χ0v) is 13.2. The zero-order valence-electron chi connectivity index (χ0n) is 13.2. The van der Waals surface area contributed by atoms with Gasteiger partial charge in [0.2, 0.25) is 0 Å². The first-order valence-corrected chi connectivity index (χ1v) is 7.42. The van der Waals surface area contributed by atoms with Crippen LogP contribution in [0.25, 0.3) is 0 Å². The van der Waals surface area contributed by atoms with Crippen molar-refractivity contribution >= 4 is 17.2 Å². The second-order valence-electron chi connectivity index (χ2n) is 5.05. The van der Waals surface area contributed by atoms with E-state index >= 15 is 0 Å². The summed E-state index contributed by atoms with van der Waals surface area (Å²) in [5.41, 5.74) is 8.02. The molecule has 0 saturated heterocycles. The van der Waals surface area contributed by atoms with E-state index in [0.717, 1.165) is 5.69 Å². The van der Waals surface area contributed by atoms with Crippen LogP contribution in [0.5, 0.6) is 5.75 Å². The maximum absolute atomic E-state index is 14.1. The van der Waals surface area contributed by atoms with Crippen LogP contribution in [-0.4, -0.2) is 17.1 Å². The number of anilines is 3. The van der Waals surface area contributed by atoms with Crippen LogP contribution in [-0.2, 0) is 6.54 Å². The quantitative estimate of drug-likeness (QED) is 0.777. The summed E-state index contributed by atoms with van der Waals surface area (Å²) in [7, 11) is 1.50. The number of nitrogens with zero attached hydrogens (tertiary/aromatic N) is 3. The van der Waals surface area contributed by atoms with Gasteiger partial charge in [-0.2, -0.15) is 0 Å². The van der Waals surface area contributed by atoms with Crippen LogP contribution in [0.4, 0.5) is 21.6 Å². The Morgan fingerprint density at radius 2 is 1.96 bits per heavy atom. The van der Waals surface area contributed by atoms with Gasteiger partial charge < -0.3 is 10.5 Å². The van der Waals surface area contributed by atoms with Crippen LogP contribution >= 0.6 is 0 Å². The number of aromatic nitrogens is 2. The number of nitrogens with two attached hydrogens (primary N) is 1. The van der Waals surface area contributed by atoms with Gasteiger partial charge in [0, 0.05) is 30.1 Å². The van der Waals surface area contributed by atoms with Crippen LogP contribution < -0.4 is 15.4 Å². The van der Waals surface area contributed by atoms with E-state index < -0.39 is 5.82 Å². The average molecular weight is 324 g/mol. The predicted molar refractivity (Wildman–Crippen MR) is 91.1 cm³/mol. The fourth-order valence-electron chi connectivity index (χ4n) is 2.57. The van der Waals surface area contributed by atoms with Crippen molar-refractivity contribution in [2.24, 2.45) is 5.73 Å². The molecule has 3 aromatic rings. The van der Waals surface area contributed by atoms with Crippen LogP contribution in [0.15, 0.2) is 61.1 Å². The number of hydrogen-bond acceptors (Lipinski definition) is 5. The fourth-order valence-corrected chi connectivity index (χ4v) is 2.57. The van der Waals surface area contributed by atoms with E-state index in [1.165, 1.54) is 25.6 Å². The number of benzene rings is 2. The first-order chi connectivity index (χ1) is 11.7. The number of hydrogen-bond donors (Lipinski definition) is 1. The van der Waals surface area contributed by atoms with Gasteiger partial charge >= 0.3 is 0 Å². The van der Waals surface area contributed by atoms with Crippen molar-refractivity contribution in [3.63, 3.8) is 0 Å². The minimum absolute atomic E-state index is 0.202. The minimum Gasteiger partial charge on any atom is -0.496 e. The monoisotopic (exact) mass is 324 g/mol. The molecule has 0 aliphatic rings. The molecule has 2 N–H and O–H groups in total. The summed E-state index contributed by atoms with van der Waals surface area (Å²) in [5.74, 6) is 0.607. The summed E-state index contributed by atoms with van der Waals surface area (Å²) in [5, 5.41) is 0. The lowest BCUT2D eigenvalue weighted by molar-refractivity contribution is 0.406. The molecule has 0 unspecified atom stereocenters. The highest BCUT2D eigenvalue weighted by molar-refractivity contribution is 5.77. The number of halogens is 1. The maximum Gasteiger partial charge on any atom is 0.140 e. The van der Waals surface area contributed by atoms with E-state index in [4.69, 9.17) is 10.5 Å². The Bertz CT molecular complexity index is 773.